The van der Waals surface area contributed by atoms with Gasteiger partial charge in [-0.25, -0.2) is 4.39 Å². The highest BCUT2D eigenvalue weighted by Crippen LogP contribution is 2.57. The number of rotatable bonds is 3. The number of aliphatic hydroxyl groups is 1. The minimum Gasteiger partial charge on any atom is -0.393 e. The Kier molecular flexibility index (Phi) is 2.88. The Morgan fingerprint density at radius 3 is 2.68 bits per heavy atom. The van der Waals surface area contributed by atoms with Gasteiger partial charge in [-0.05, 0) is 35.7 Å². The third kappa shape index (κ3) is 1.95. The Labute approximate surface area is 111 Å². The maximum Gasteiger partial charge on any atom is 0.147 e. The van der Waals surface area contributed by atoms with E-state index in [1.54, 1.807) is 12.1 Å². The molecule has 2 nitrogen and oxygen atoms in total. The number of hydrogen-bond acceptors (Lipinski definition) is 2. The highest BCUT2D eigenvalue weighted by molar-refractivity contribution is 5.39. The largest absolute Gasteiger partial charge is 0.393 e. The standard InChI is InChI=1S/C16H15FO2/c1-11-5-2-3-8-14(11)15-16(10-18,19-15)12-6-4-7-13(17)9-12/h2-9,15,18H,10H2,1H3. The normalized spacial score (nSPS) is 25.3. The molecule has 1 saturated heterocycles. The van der Waals surface area contributed by atoms with Crippen LogP contribution < -0.4 is 0 Å². The number of hydrogen-bond donors (Lipinski definition) is 1. The van der Waals surface area contributed by atoms with Gasteiger partial charge in [0.2, 0.25) is 0 Å². The third-order valence-electron chi connectivity index (χ3n) is 3.71. The molecule has 1 aliphatic rings. The van der Waals surface area contributed by atoms with Gasteiger partial charge in [-0.2, -0.15) is 0 Å². The molecule has 0 bridgehead atoms. The summed E-state index contributed by atoms with van der Waals surface area (Å²) in [5.74, 6) is -0.315. The SMILES string of the molecule is Cc1ccccc1C1OC1(CO)c1cccc(F)c1. The monoisotopic (exact) mass is 258 g/mol. The van der Waals surface area contributed by atoms with Crippen LogP contribution in [0.25, 0.3) is 0 Å². The van der Waals surface area contributed by atoms with Crippen molar-refractivity contribution in [2.24, 2.45) is 0 Å². The molecule has 0 aliphatic carbocycles. The van der Waals surface area contributed by atoms with Crippen LogP contribution >= 0.6 is 0 Å². The number of halogens is 1. The van der Waals surface area contributed by atoms with Crippen LogP contribution in [-0.2, 0) is 10.3 Å². The summed E-state index contributed by atoms with van der Waals surface area (Å²) in [4.78, 5) is 0. The number of epoxide rings is 1. The average molecular weight is 258 g/mol. The van der Waals surface area contributed by atoms with Crippen molar-refractivity contribution < 1.29 is 14.2 Å². The van der Waals surface area contributed by atoms with E-state index >= 15 is 0 Å². The van der Waals surface area contributed by atoms with Crippen molar-refractivity contribution >= 4 is 0 Å². The lowest BCUT2D eigenvalue weighted by molar-refractivity contribution is 0.172. The van der Waals surface area contributed by atoms with Gasteiger partial charge in [-0.1, -0.05) is 36.4 Å². The molecular formula is C16H15FO2. The van der Waals surface area contributed by atoms with Gasteiger partial charge < -0.3 is 9.84 Å². The van der Waals surface area contributed by atoms with E-state index in [1.807, 2.05) is 31.2 Å². The van der Waals surface area contributed by atoms with Gasteiger partial charge in [0.25, 0.3) is 0 Å². The summed E-state index contributed by atoms with van der Waals surface area (Å²) in [5, 5.41) is 9.68. The lowest BCUT2D eigenvalue weighted by atomic mass is 9.91. The lowest BCUT2D eigenvalue weighted by Crippen LogP contribution is -2.16. The molecule has 1 heterocycles. The zero-order valence-electron chi connectivity index (χ0n) is 10.6. The summed E-state index contributed by atoms with van der Waals surface area (Å²) < 4.78 is 19.1. The predicted molar refractivity (Wildman–Crippen MR) is 70.2 cm³/mol. The molecule has 2 aromatic rings. The first-order valence-electron chi connectivity index (χ1n) is 6.27. The molecule has 3 rings (SSSR count). The first-order valence-corrected chi connectivity index (χ1v) is 6.27. The Morgan fingerprint density at radius 1 is 1.21 bits per heavy atom. The fourth-order valence-corrected chi connectivity index (χ4v) is 2.55. The van der Waals surface area contributed by atoms with Gasteiger partial charge >= 0.3 is 0 Å². The van der Waals surface area contributed by atoms with Crippen molar-refractivity contribution in [2.75, 3.05) is 6.61 Å². The molecule has 1 fully saturated rings. The highest BCUT2D eigenvalue weighted by Gasteiger charge is 2.58. The van der Waals surface area contributed by atoms with Crippen LogP contribution in [0.5, 0.6) is 0 Å². The number of aliphatic hydroxyl groups excluding tert-OH is 1. The minimum absolute atomic E-state index is 0.157. The molecule has 0 aromatic heterocycles. The number of benzene rings is 2. The molecule has 0 saturated carbocycles. The van der Waals surface area contributed by atoms with Gasteiger partial charge in [0, 0.05) is 0 Å². The summed E-state index contributed by atoms with van der Waals surface area (Å²) in [7, 11) is 0. The fourth-order valence-electron chi connectivity index (χ4n) is 2.55. The van der Waals surface area contributed by atoms with E-state index in [2.05, 4.69) is 0 Å². The molecule has 2 aromatic carbocycles. The molecule has 1 aliphatic heterocycles. The third-order valence-corrected chi connectivity index (χ3v) is 3.71. The van der Waals surface area contributed by atoms with Crippen molar-refractivity contribution in [1.82, 2.24) is 0 Å². The second-order valence-electron chi connectivity index (χ2n) is 4.91. The molecule has 0 amide bonds. The van der Waals surface area contributed by atoms with Crippen LogP contribution in [0.3, 0.4) is 0 Å². The summed E-state index contributed by atoms with van der Waals surface area (Å²) in [6.07, 6.45) is -0.208. The van der Waals surface area contributed by atoms with Crippen molar-refractivity contribution in [3.05, 3.63) is 71.0 Å². The first kappa shape index (κ1) is 12.3. The molecular weight excluding hydrogens is 243 g/mol. The number of aryl methyl sites for hydroxylation is 1. The van der Waals surface area contributed by atoms with E-state index in [1.165, 1.54) is 12.1 Å². The Balaban J connectivity index is 1.99. The highest BCUT2D eigenvalue weighted by atomic mass is 19.1. The zero-order chi connectivity index (χ0) is 13.5. The topological polar surface area (TPSA) is 32.8 Å². The van der Waals surface area contributed by atoms with Crippen LogP contribution in [-0.4, -0.2) is 11.7 Å². The van der Waals surface area contributed by atoms with E-state index < -0.39 is 5.60 Å². The van der Waals surface area contributed by atoms with E-state index in [4.69, 9.17) is 4.74 Å². The van der Waals surface area contributed by atoms with Gasteiger partial charge in [0.05, 0.1) is 6.61 Å². The van der Waals surface area contributed by atoms with Crippen molar-refractivity contribution in [2.45, 2.75) is 18.6 Å². The summed E-state index contributed by atoms with van der Waals surface area (Å²) in [6.45, 7) is 1.85. The van der Waals surface area contributed by atoms with Crippen LogP contribution in [0, 0.1) is 12.7 Å². The van der Waals surface area contributed by atoms with Crippen LogP contribution in [0.2, 0.25) is 0 Å². The zero-order valence-corrected chi connectivity index (χ0v) is 10.6. The average Bonchev–Trinajstić information content (AvgIpc) is 3.15. The second kappa shape index (κ2) is 4.44. The van der Waals surface area contributed by atoms with E-state index in [0.29, 0.717) is 5.56 Å². The van der Waals surface area contributed by atoms with E-state index in [9.17, 15) is 9.50 Å². The van der Waals surface area contributed by atoms with Gasteiger partial charge in [0.1, 0.15) is 17.5 Å². The molecule has 98 valence electrons. The molecule has 19 heavy (non-hydrogen) atoms. The van der Waals surface area contributed by atoms with Gasteiger partial charge in [-0.3, -0.25) is 0 Å². The molecule has 1 N–H and O–H groups in total. The second-order valence-corrected chi connectivity index (χ2v) is 4.91. The number of ether oxygens (including phenoxy) is 1. The molecule has 2 unspecified atom stereocenters. The molecule has 3 heteroatoms. The Morgan fingerprint density at radius 2 is 2.00 bits per heavy atom. The van der Waals surface area contributed by atoms with E-state index in [-0.39, 0.29) is 18.5 Å². The van der Waals surface area contributed by atoms with Gasteiger partial charge in [0.15, 0.2) is 0 Å². The van der Waals surface area contributed by atoms with Crippen molar-refractivity contribution in [3.63, 3.8) is 0 Å². The summed E-state index contributed by atoms with van der Waals surface area (Å²) in [5.41, 5.74) is 2.04. The molecule has 0 spiro atoms. The minimum atomic E-state index is -0.797. The van der Waals surface area contributed by atoms with Crippen molar-refractivity contribution in [1.29, 1.82) is 0 Å². The van der Waals surface area contributed by atoms with Gasteiger partial charge in [-0.15, -0.1) is 0 Å². The van der Waals surface area contributed by atoms with Crippen molar-refractivity contribution in [3.8, 4) is 0 Å². The summed E-state index contributed by atoms with van der Waals surface area (Å²) >= 11 is 0. The summed E-state index contributed by atoms with van der Waals surface area (Å²) in [6, 6.07) is 14.1. The molecule has 2 atom stereocenters. The van der Waals surface area contributed by atoms with E-state index in [0.717, 1.165) is 11.1 Å². The quantitative estimate of drug-likeness (QED) is 0.858. The lowest BCUT2D eigenvalue weighted by Gasteiger charge is -2.11. The van der Waals surface area contributed by atoms with Crippen LogP contribution in [0.4, 0.5) is 4.39 Å². The van der Waals surface area contributed by atoms with Crippen LogP contribution in [0.15, 0.2) is 48.5 Å². The fraction of sp³-hybridized carbons (Fsp3) is 0.250. The molecule has 0 radical (unpaired) electrons. The van der Waals surface area contributed by atoms with Crippen LogP contribution in [0.1, 0.15) is 22.8 Å². The maximum atomic E-state index is 13.3. The first-order chi connectivity index (χ1) is 9.17. The maximum absolute atomic E-state index is 13.3. The predicted octanol–water partition coefficient (Wildman–Crippen LogP) is 3.09. The Hall–Kier alpha value is -1.71. The Bertz CT molecular complexity index is 611. The smallest absolute Gasteiger partial charge is 0.147 e.